The lowest BCUT2D eigenvalue weighted by Gasteiger charge is -2.02. The Morgan fingerprint density at radius 3 is 3.12 bits per heavy atom. The number of fused-ring (bicyclic) bond motifs is 1. The van der Waals surface area contributed by atoms with Crippen LogP contribution in [0, 0.1) is 0 Å². The number of hydrogen-bond acceptors (Lipinski definition) is 4. The van der Waals surface area contributed by atoms with Crippen molar-refractivity contribution < 1.29 is 4.74 Å². The highest BCUT2D eigenvalue weighted by Crippen LogP contribution is 2.15. The zero-order chi connectivity index (χ0) is 11.7. The Hall–Kier alpha value is -1.59. The summed E-state index contributed by atoms with van der Waals surface area (Å²) in [5.74, 6) is 0.686. The minimum Gasteiger partial charge on any atom is -0.486 e. The van der Waals surface area contributed by atoms with Gasteiger partial charge in [-0.2, -0.15) is 0 Å². The first kappa shape index (κ1) is 10.6. The van der Waals surface area contributed by atoms with Gasteiger partial charge in [0.1, 0.15) is 17.5 Å². The van der Waals surface area contributed by atoms with Crippen molar-refractivity contribution in [3.05, 3.63) is 47.0 Å². The van der Waals surface area contributed by atoms with Crippen molar-refractivity contribution >= 4 is 27.9 Å². The van der Waals surface area contributed by atoms with Gasteiger partial charge in [0.25, 0.3) is 0 Å². The molecule has 0 radical (unpaired) electrons. The molecule has 4 nitrogen and oxygen atoms in total. The molecule has 86 valence electrons. The highest BCUT2D eigenvalue weighted by molar-refractivity contribution is 7.15. The molecule has 0 aliphatic heterocycles. The third-order valence-electron chi connectivity index (χ3n) is 2.23. The lowest BCUT2D eigenvalue weighted by molar-refractivity contribution is 0.301. The summed E-state index contributed by atoms with van der Waals surface area (Å²) in [5.41, 5.74) is 0.895. The van der Waals surface area contributed by atoms with Crippen molar-refractivity contribution in [3.63, 3.8) is 0 Å². The van der Waals surface area contributed by atoms with Crippen LogP contribution in [0.25, 0.3) is 4.96 Å². The van der Waals surface area contributed by atoms with E-state index >= 15 is 0 Å². The zero-order valence-corrected chi connectivity index (χ0v) is 10.3. The van der Waals surface area contributed by atoms with Crippen LogP contribution in [0.3, 0.4) is 0 Å². The minimum absolute atomic E-state index is 0.428. The van der Waals surface area contributed by atoms with E-state index in [-0.39, 0.29) is 0 Å². The van der Waals surface area contributed by atoms with Gasteiger partial charge in [-0.05, 0) is 12.1 Å². The van der Waals surface area contributed by atoms with Gasteiger partial charge < -0.3 is 4.74 Å². The largest absolute Gasteiger partial charge is 0.486 e. The summed E-state index contributed by atoms with van der Waals surface area (Å²) in [6, 6.07) is 3.48. The molecule has 0 aliphatic rings. The molecule has 3 aromatic heterocycles. The maximum Gasteiger partial charge on any atom is 0.193 e. The first-order valence-corrected chi connectivity index (χ1v) is 6.22. The van der Waals surface area contributed by atoms with Gasteiger partial charge in [-0.1, -0.05) is 11.6 Å². The quantitative estimate of drug-likeness (QED) is 0.684. The maximum atomic E-state index is 5.69. The van der Waals surface area contributed by atoms with Gasteiger partial charge in [-0.15, -0.1) is 11.3 Å². The Morgan fingerprint density at radius 2 is 2.35 bits per heavy atom. The molecule has 0 saturated carbocycles. The van der Waals surface area contributed by atoms with Crippen LogP contribution in [0.2, 0.25) is 5.15 Å². The zero-order valence-electron chi connectivity index (χ0n) is 8.71. The summed E-state index contributed by atoms with van der Waals surface area (Å²) in [6.07, 6.45) is 5.52. The van der Waals surface area contributed by atoms with E-state index in [1.54, 1.807) is 29.7 Å². The van der Waals surface area contributed by atoms with Crippen molar-refractivity contribution in [2.45, 2.75) is 6.61 Å². The van der Waals surface area contributed by atoms with Crippen LogP contribution in [0.15, 0.2) is 36.1 Å². The first-order chi connectivity index (χ1) is 8.31. The number of rotatable bonds is 3. The molecule has 6 heteroatoms. The number of thiazole rings is 1. The molecule has 0 bridgehead atoms. The third kappa shape index (κ3) is 2.25. The molecule has 0 fully saturated rings. The fourth-order valence-electron chi connectivity index (χ4n) is 1.45. The van der Waals surface area contributed by atoms with E-state index in [1.165, 1.54) is 0 Å². The van der Waals surface area contributed by atoms with Gasteiger partial charge >= 0.3 is 0 Å². The molecule has 3 heterocycles. The Kier molecular flexibility index (Phi) is 2.70. The minimum atomic E-state index is 0.428. The Bertz CT molecular complexity index is 603. The molecule has 17 heavy (non-hydrogen) atoms. The van der Waals surface area contributed by atoms with Crippen molar-refractivity contribution in [1.82, 2.24) is 14.4 Å². The van der Waals surface area contributed by atoms with Crippen LogP contribution in [0.5, 0.6) is 5.75 Å². The third-order valence-corrected chi connectivity index (χ3v) is 3.22. The van der Waals surface area contributed by atoms with E-state index in [1.807, 2.05) is 22.2 Å². The van der Waals surface area contributed by atoms with E-state index in [0.717, 1.165) is 10.7 Å². The molecular weight excluding hydrogens is 258 g/mol. The SMILES string of the molecule is Clc1ccc(OCc2cn3ccsc3n2)cn1. The molecular formula is C11H8ClN3OS. The second kappa shape index (κ2) is 4.35. The molecule has 3 rings (SSSR count). The summed E-state index contributed by atoms with van der Waals surface area (Å²) >= 11 is 7.28. The van der Waals surface area contributed by atoms with E-state index in [4.69, 9.17) is 16.3 Å². The van der Waals surface area contributed by atoms with Crippen molar-refractivity contribution in [2.24, 2.45) is 0 Å². The second-order valence-corrected chi connectivity index (χ2v) is 4.69. The van der Waals surface area contributed by atoms with E-state index < -0.39 is 0 Å². The lowest BCUT2D eigenvalue weighted by Crippen LogP contribution is -1.95. The van der Waals surface area contributed by atoms with E-state index in [2.05, 4.69) is 9.97 Å². The average molecular weight is 266 g/mol. The van der Waals surface area contributed by atoms with Gasteiger partial charge in [0, 0.05) is 17.8 Å². The monoisotopic (exact) mass is 265 g/mol. The van der Waals surface area contributed by atoms with Gasteiger partial charge in [0.05, 0.1) is 11.9 Å². The number of halogens is 1. The highest BCUT2D eigenvalue weighted by atomic mass is 35.5. The van der Waals surface area contributed by atoms with Crippen LogP contribution in [0.1, 0.15) is 5.69 Å². The van der Waals surface area contributed by atoms with Crippen molar-refractivity contribution in [3.8, 4) is 5.75 Å². The van der Waals surface area contributed by atoms with Crippen molar-refractivity contribution in [2.75, 3.05) is 0 Å². The van der Waals surface area contributed by atoms with Crippen molar-refractivity contribution in [1.29, 1.82) is 0 Å². The standard InChI is InChI=1S/C11H8ClN3OS/c12-10-2-1-9(5-13-10)16-7-8-6-15-3-4-17-11(15)14-8/h1-6H,7H2. The number of pyridine rings is 1. The molecule has 0 unspecified atom stereocenters. The first-order valence-electron chi connectivity index (χ1n) is 4.97. The number of aromatic nitrogens is 3. The van der Waals surface area contributed by atoms with Crippen LogP contribution in [0.4, 0.5) is 0 Å². The van der Waals surface area contributed by atoms with E-state index in [0.29, 0.717) is 17.5 Å². The lowest BCUT2D eigenvalue weighted by atomic mass is 10.4. The van der Waals surface area contributed by atoms with Gasteiger partial charge in [0.15, 0.2) is 4.96 Å². The number of nitrogens with zero attached hydrogens (tertiary/aromatic N) is 3. The Balaban J connectivity index is 1.71. The summed E-state index contributed by atoms with van der Waals surface area (Å²) in [5, 5.41) is 2.45. The van der Waals surface area contributed by atoms with Crippen LogP contribution < -0.4 is 4.74 Å². The summed E-state index contributed by atoms with van der Waals surface area (Å²) < 4.78 is 7.53. The molecule has 0 amide bonds. The van der Waals surface area contributed by atoms with Crippen LogP contribution in [-0.4, -0.2) is 14.4 Å². The second-order valence-electron chi connectivity index (χ2n) is 3.43. The predicted octanol–water partition coefficient (Wildman–Crippen LogP) is 3.02. The number of hydrogen-bond donors (Lipinski definition) is 0. The molecule has 0 aromatic carbocycles. The number of imidazole rings is 1. The molecule has 3 aromatic rings. The Morgan fingerprint density at radius 1 is 1.41 bits per heavy atom. The van der Waals surface area contributed by atoms with Crippen LogP contribution >= 0.6 is 22.9 Å². The molecule has 0 spiro atoms. The average Bonchev–Trinajstić information content (AvgIpc) is 2.88. The predicted molar refractivity (Wildman–Crippen MR) is 66.6 cm³/mol. The van der Waals surface area contributed by atoms with Crippen LogP contribution in [-0.2, 0) is 6.61 Å². The molecule has 0 N–H and O–H groups in total. The van der Waals surface area contributed by atoms with Gasteiger partial charge in [-0.25, -0.2) is 9.97 Å². The molecule has 0 aliphatic carbocycles. The van der Waals surface area contributed by atoms with Gasteiger partial charge in [-0.3, -0.25) is 4.40 Å². The summed E-state index contributed by atoms with van der Waals surface area (Å²) in [6.45, 7) is 0.428. The fraction of sp³-hybridized carbons (Fsp3) is 0.0909. The normalized spacial score (nSPS) is 10.9. The van der Waals surface area contributed by atoms with Gasteiger partial charge in [0.2, 0.25) is 0 Å². The fourth-order valence-corrected chi connectivity index (χ4v) is 2.28. The smallest absolute Gasteiger partial charge is 0.193 e. The maximum absolute atomic E-state index is 5.69. The summed E-state index contributed by atoms with van der Waals surface area (Å²) in [7, 11) is 0. The highest BCUT2D eigenvalue weighted by Gasteiger charge is 2.03. The topological polar surface area (TPSA) is 39.4 Å². The Labute approximate surface area is 106 Å². The number of ether oxygens (including phenoxy) is 1. The molecule has 0 saturated heterocycles. The van der Waals surface area contributed by atoms with E-state index in [9.17, 15) is 0 Å². The molecule has 0 atom stereocenters. The summed E-state index contributed by atoms with van der Waals surface area (Å²) in [4.78, 5) is 9.33.